The first kappa shape index (κ1) is 10.6. The molecule has 2 aromatic heterocycles. The Morgan fingerprint density at radius 3 is 2.78 bits per heavy atom. The maximum Gasteiger partial charge on any atom is 0.248 e. The molecule has 7 nitrogen and oxygen atoms in total. The van der Waals surface area contributed by atoms with E-state index in [-0.39, 0.29) is 0 Å². The van der Waals surface area contributed by atoms with Gasteiger partial charge in [-0.15, -0.1) is 0 Å². The second-order valence-corrected chi connectivity index (χ2v) is 3.68. The summed E-state index contributed by atoms with van der Waals surface area (Å²) in [4.78, 5) is 8.13. The molecule has 0 aliphatic carbocycles. The topological polar surface area (TPSA) is 107 Å². The van der Waals surface area contributed by atoms with E-state index < -0.39 is 6.04 Å². The summed E-state index contributed by atoms with van der Waals surface area (Å²) in [5, 5.41) is 10.2. The molecule has 7 heteroatoms. The molecule has 0 aliphatic heterocycles. The van der Waals surface area contributed by atoms with Crippen LogP contribution in [-0.4, -0.2) is 25.3 Å². The molecule has 1 atom stereocenters. The van der Waals surface area contributed by atoms with E-state index in [1.165, 1.54) is 6.33 Å². The van der Waals surface area contributed by atoms with Gasteiger partial charge in [-0.05, 0) is 5.56 Å². The van der Waals surface area contributed by atoms with Gasteiger partial charge < -0.3 is 10.3 Å². The molecule has 0 aliphatic rings. The van der Waals surface area contributed by atoms with Crippen molar-refractivity contribution < 1.29 is 4.52 Å². The molecule has 2 heterocycles. The van der Waals surface area contributed by atoms with Gasteiger partial charge in [0.1, 0.15) is 12.4 Å². The van der Waals surface area contributed by atoms with Gasteiger partial charge in [-0.2, -0.15) is 10.1 Å². The van der Waals surface area contributed by atoms with Crippen molar-refractivity contribution in [2.75, 3.05) is 0 Å². The van der Waals surface area contributed by atoms with Crippen LogP contribution < -0.4 is 5.73 Å². The molecule has 3 aromatic rings. The van der Waals surface area contributed by atoms with Crippen molar-refractivity contribution in [3.63, 3.8) is 0 Å². The fourth-order valence-corrected chi connectivity index (χ4v) is 1.57. The Kier molecular flexibility index (Phi) is 2.58. The summed E-state index contributed by atoms with van der Waals surface area (Å²) >= 11 is 0. The van der Waals surface area contributed by atoms with Crippen LogP contribution in [0.2, 0.25) is 0 Å². The van der Waals surface area contributed by atoms with Crippen molar-refractivity contribution in [2.45, 2.75) is 6.04 Å². The number of hydrogen-bond acceptors (Lipinski definition) is 6. The molecule has 3 rings (SSSR count). The molecule has 18 heavy (non-hydrogen) atoms. The summed E-state index contributed by atoms with van der Waals surface area (Å²) < 4.78 is 5.13. The van der Waals surface area contributed by atoms with Crippen molar-refractivity contribution in [3.05, 3.63) is 48.1 Å². The average Bonchev–Trinajstić information content (AvgIpc) is 3.09. The number of hydrogen-bond donors (Lipinski definition) is 2. The summed E-state index contributed by atoms with van der Waals surface area (Å²) in [5.74, 6) is 1.13. The molecule has 0 fully saturated rings. The molecule has 0 radical (unpaired) electrons. The Hall–Kier alpha value is -2.54. The van der Waals surface area contributed by atoms with Crippen molar-refractivity contribution in [1.82, 2.24) is 25.3 Å². The van der Waals surface area contributed by atoms with Crippen LogP contribution in [0.1, 0.15) is 17.5 Å². The molecule has 0 bridgehead atoms. The molecule has 0 saturated carbocycles. The summed E-state index contributed by atoms with van der Waals surface area (Å²) in [7, 11) is 0. The molecule has 1 aromatic carbocycles. The number of nitrogens with one attached hydrogen (secondary N) is 1. The monoisotopic (exact) mass is 242 g/mol. The van der Waals surface area contributed by atoms with Gasteiger partial charge in [0.25, 0.3) is 0 Å². The van der Waals surface area contributed by atoms with Gasteiger partial charge in [-0.3, -0.25) is 5.10 Å². The van der Waals surface area contributed by atoms with Gasteiger partial charge in [0.2, 0.25) is 11.7 Å². The van der Waals surface area contributed by atoms with E-state index in [1.807, 2.05) is 30.3 Å². The molecule has 90 valence electrons. The maximum absolute atomic E-state index is 6.04. The first-order valence-electron chi connectivity index (χ1n) is 5.34. The number of H-pyrrole nitrogens is 1. The number of aromatic nitrogens is 5. The van der Waals surface area contributed by atoms with Gasteiger partial charge in [-0.1, -0.05) is 35.5 Å². The third kappa shape index (κ3) is 1.87. The molecule has 0 spiro atoms. The van der Waals surface area contributed by atoms with Gasteiger partial charge in [0, 0.05) is 0 Å². The minimum Gasteiger partial charge on any atom is -0.337 e. The first-order chi connectivity index (χ1) is 8.84. The van der Waals surface area contributed by atoms with E-state index in [4.69, 9.17) is 10.3 Å². The van der Waals surface area contributed by atoms with Gasteiger partial charge in [0.15, 0.2) is 5.82 Å². The lowest BCUT2D eigenvalue weighted by molar-refractivity contribution is 0.367. The third-order valence-electron chi connectivity index (χ3n) is 2.49. The highest BCUT2D eigenvalue weighted by Crippen LogP contribution is 2.19. The molecule has 0 saturated heterocycles. The highest BCUT2D eigenvalue weighted by Gasteiger charge is 2.18. The standard InChI is InChI=1S/C11H10N6O/c12-8(7-4-2-1-3-5-7)11-15-10(17-18-11)9-13-6-14-16-9/h1-6,8H,12H2,(H,13,14,16)/t8-/m1/s1. The fraction of sp³-hybridized carbons (Fsp3) is 0.0909. The van der Waals surface area contributed by atoms with Crippen LogP contribution >= 0.6 is 0 Å². The van der Waals surface area contributed by atoms with Crippen molar-refractivity contribution in [3.8, 4) is 11.6 Å². The molecule has 0 unspecified atom stereocenters. The zero-order valence-corrected chi connectivity index (χ0v) is 9.32. The van der Waals surface area contributed by atoms with Gasteiger partial charge in [0.05, 0.1) is 0 Å². The van der Waals surface area contributed by atoms with Crippen LogP contribution in [0.25, 0.3) is 11.6 Å². The third-order valence-corrected chi connectivity index (χ3v) is 2.49. The fourth-order valence-electron chi connectivity index (χ4n) is 1.57. The van der Waals surface area contributed by atoms with Crippen molar-refractivity contribution >= 4 is 0 Å². The van der Waals surface area contributed by atoms with E-state index in [2.05, 4.69) is 25.3 Å². The summed E-state index contributed by atoms with van der Waals surface area (Å²) in [5.41, 5.74) is 6.95. The second-order valence-electron chi connectivity index (χ2n) is 3.68. The summed E-state index contributed by atoms with van der Waals surface area (Å²) in [6, 6.07) is 9.09. The van der Waals surface area contributed by atoms with E-state index >= 15 is 0 Å². The Bertz CT molecular complexity index is 618. The van der Waals surface area contributed by atoms with E-state index in [0.29, 0.717) is 17.5 Å². The largest absolute Gasteiger partial charge is 0.337 e. The lowest BCUT2D eigenvalue weighted by Crippen LogP contribution is -2.12. The number of rotatable bonds is 3. The van der Waals surface area contributed by atoms with Crippen molar-refractivity contribution in [2.24, 2.45) is 5.73 Å². The van der Waals surface area contributed by atoms with Crippen LogP contribution in [0.3, 0.4) is 0 Å². The van der Waals surface area contributed by atoms with Crippen LogP contribution in [0, 0.1) is 0 Å². The van der Waals surface area contributed by atoms with E-state index in [0.717, 1.165) is 5.56 Å². The average molecular weight is 242 g/mol. The Morgan fingerprint density at radius 2 is 2.06 bits per heavy atom. The Balaban J connectivity index is 1.90. The SMILES string of the molecule is N[C@H](c1ccccc1)c1nc(-c2ncn[nH]2)no1. The molecular formula is C11H10N6O. The maximum atomic E-state index is 6.04. The minimum atomic E-state index is -0.449. The number of nitrogens with zero attached hydrogens (tertiary/aromatic N) is 4. The molecule has 0 amide bonds. The van der Waals surface area contributed by atoms with Crippen LogP contribution in [0.5, 0.6) is 0 Å². The summed E-state index contributed by atoms with van der Waals surface area (Å²) in [6.45, 7) is 0. The van der Waals surface area contributed by atoms with E-state index in [9.17, 15) is 0 Å². The Morgan fingerprint density at radius 1 is 1.22 bits per heavy atom. The zero-order valence-electron chi connectivity index (χ0n) is 9.32. The first-order valence-corrected chi connectivity index (χ1v) is 5.34. The smallest absolute Gasteiger partial charge is 0.248 e. The van der Waals surface area contributed by atoms with Crippen LogP contribution in [-0.2, 0) is 0 Å². The second kappa shape index (κ2) is 4.38. The Labute approximate surface area is 102 Å². The summed E-state index contributed by atoms with van der Waals surface area (Å²) in [6.07, 6.45) is 1.38. The quantitative estimate of drug-likeness (QED) is 0.706. The highest BCUT2D eigenvalue weighted by molar-refractivity contribution is 5.40. The van der Waals surface area contributed by atoms with Gasteiger partial charge in [-0.25, -0.2) is 4.98 Å². The number of nitrogens with two attached hydrogens (primary N) is 1. The van der Waals surface area contributed by atoms with Gasteiger partial charge >= 0.3 is 0 Å². The molecule has 3 N–H and O–H groups in total. The lowest BCUT2D eigenvalue weighted by atomic mass is 10.1. The molecular weight excluding hydrogens is 232 g/mol. The predicted octanol–water partition coefficient (Wildman–Crippen LogP) is 0.903. The van der Waals surface area contributed by atoms with Crippen LogP contribution in [0.15, 0.2) is 41.2 Å². The van der Waals surface area contributed by atoms with Crippen molar-refractivity contribution in [1.29, 1.82) is 0 Å². The lowest BCUT2D eigenvalue weighted by Gasteiger charge is -2.05. The predicted molar refractivity (Wildman–Crippen MR) is 62.1 cm³/mol. The highest BCUT2D eigenvalue weighted by atomic mass is 16.5. The normalized spacial score (nSPS) is 12.5. The van der Waals surface area contributed by atoms with Crippen LogP contribution in [0.4, 0.5) is 0 Å². The van der Waals surface area contributed by atoms with E-state index in [1.54, 1.807) is 0 Å². The number of aromatic amines is 1. The minimum absolute atomic E-state index is 0.340. The zero-order chi connectivity index (χ0) is 12.4. The number of benzene rings is 1.